The molecule has 0 aromatic heterocycles. The molecule has 3 nitrogen and oxygen atoms in total. The van der Waals surface area contributed by atoms with Crippen LogP contribution in [0.3, 0.4) is 0 Å². The minimum atomic E-state index is -0.784. The molecular weight excluding hydrogens is 190 g/mol. The molecule has 0 unspecified atom stereocenters. The monoisotopic (exact) mass is 203 g/mol. The lowest BCUT2D eigenvalue weighted by Gasteiger charge is -1.95. The Bertz CT molecular complexity index is 383. The third-order valence-corrected chi connectivity index (χ3v) is 1.91. The molecule has 0 radical (unpaired) electrons. The number of carbonyl (C=O) groups is 1. The van der Waals surface area contributed by atoms with Gasteiger partial charge in [0.1, 0.15) is 0 Å². The van der Waals surface area contributed by atoms with Crippen LogP contribution in [0.15, 0.2) is 30.3 Å². The number of carboxylic acids is 1. The number of hydrogen-bond donors (Lipinski definition) is 2. The van der Waals surface area contributed by atoms with Gasteiger partial charge in [0.2, 0.25) is 0 Å². The van der Waals surface area contributed by atoms with Gasteiger partial charge in [-0.25, -0.2) is 0 Å². The highest BCUT2D eigenvalue weighted by atomic mass is 16.4. The predicted molar refractivity (Wildman–Crippen MR) is 60.2 cm³/mol. The molecule has 0 fully saturated rings. The summed E-state index contributed by atoms with van der Waals surface area (Å²) in [5, 5.41) is 15.5. The van der Waals surface area contributed by atoms with E-state index in [1.807, 2.05) is 36.4 Å². The number of rotatable bonds is 5. The summed E-state index contributed by atoms with van der Waals surface area (Å²) in [7, 11) is 0. The molecule has 0 atom stereocenters. The highest BCUT2D eigenvalue weighted by Crippen LogP contribution is 2.06. The molecule has 0 spiro atoms. The van der Waals surface area contributed by atoms with Crippen LogP contribution in [-0.2, 0) is 4.79 Å². The Labute approximate surface area is 88.6 Å². The smallest absolute Gasteiger partial charge is 0.303 e. The lowest BCUT2D eigenvalue weighted by atomic mass is 10.1. The van der Waals surface area contributed by atoms with Gasteiger partial charge in [-0.05, 0) is 23.6 Å². The van der Waals surface area contributed by atoms with Crippen molar-refractivity contribution in [1.29, 1.82) is 5.41 Å². The molecule has 78 valence electrons. The molecule has 2 N–H and O–H groups in total. The average molecular weight is 203 g/mol. The minimum absolute atomic E-state index is 0.154. The summed E-state index contributed by atoms with van der Waals surface area (Å²) in [6, 6.07) is 7.52. The van der Waals surface area contributed by atoms with Gasteiger partial charge in [-0.15, -0.1) is 0 Å². The number of allylic oxidation sites excluding steroid dienone is 1. The van der Waals surface area contributed by atoms with Crippen molar-refractivity contribution in [3.63, 3.8) is 0 Å². The average Bonchev–Trinajstić information content (AvgIpc) is 2.24. The van der Waals surface area contributed by atoms with Gasteiger partial charge in [-0.1, -0.05) is 30.4 Å². The summed E-state index contributed by atoms with van der Waals surface area (Å²) >= 11 is 0. The van der Waals surface area contributed by atoms with E-state index in [1.165, 1.54) is 6.21 Å². The third kappa shape index (κ3) is 4.22. The van der Waals surface area contributed by atoms with Crippen LogP contribution in [0.2, 0.25) is 0 Å². The van der Waals surface area contributed by atoms with Gasteiger partial charge in [-0.3, -0.25) is 4.79 Å². The maximum absolute atomic E-state index is 10.2. The van der Waals surface area contributed by atoms with E-state index in [1.54, 1.807) is 0 Å². The second kappa shape index (κ2) is 5.75. The summed E-state index contributed by atoms with van der Waals surface area (Å²) in [4.78, 5) is 10.2. The van der Waals surface area contributed by atoms with Crippen molar-refractivity contribution in [2.45, 2.75) is 12.8 Å². The van der Waals surface area contributed by atoms with Gasteiger partial charge >= 0.3 is 5.97 Å². The van der Waals surface area contributed by atoms with Crippen molar-refractivity contribution in [2.24, 2.45) is 0 Å². The predicted octanol–water partition coefficient (Wildman–Crippen LogP) is 2.56. The Morgan fingerprint density at radius 2 is 2.13 bits per heavy atom. The molecule has 0 aliphatic carbocycles. The molecule has 0 saturated carbocycles. The first-order valence-corrected chi connectivity index (χ1v) is 4.71. The van der Waals surface area contributed by atoms with E-state index in [0.29, 0.717) is 6.42 Å². The fourth-order valence-electron chi connectivity index (χ4n) is 1.18. The van der Waals surface area contributed by atoms with Crippen molar-refractivity contribution in [3.8, 4) is 0 Å². The van der Waals surface area contributed by atoms with Crippen LogP contribution < -0.4 is 0 Å². The van der Waals surface area contributed by atoms with E-state index < -0.39 is 5.97 Å². The van der Waals surface area contributed by atoms with E-state index >= 15 is 0 Å². The largest absolute Gasteiger partial charge is 0.481 e. The van der Waals surface area contributed by atoms with E-state index in [4.69, 9.17) is 10.5 Å². The first-order chi connectivity index (χ1) is 7.22. The molecule has 0 aliphatic heterocycles. The highest BCUT2D eigenvalue weighted by molar-refractivity contribution is 5.78. The number of nitrogens with one attached hydrogen (secondary N) is 1. The second-order valence-electron chi connectivity index (χ2n) is 3.15. The first-order valence-electron chi connectivity index (χ1n) is 4.71. The summed E-state index contributed by atoms with van der Waals surface area (Å²) in [5.41, 5.74) is 1.83. The van der Waals surface area contributed by atoms with E-state index in [2.05, 4.69) is 0 Å². The third-order valence-electron chi connectivity index (χ3n) is 1.91. The van der Waals surface area contributed by atoms with Gasteiger partial charge < -0.3 is 10.5 Å². The summed E-state index contributed by atoms with van der Waals surface area (Å²) in [6.45, 7) is 0. The summed E-state index contributed by atoms with van der Waals surface area (Å²) in [6.07, 6.45) is 5.67. The summed E-state index contributed by atoms with van der Waals surface area (Å²) < 4.78 is 0. The Balaban J connectivity index is 2.56. The molecule has 0 bridgehead atoms. The molecule has 1 aromatic carbocycles. The van der Waals surface area contributed by atoms with Crippen LogP contribution in [-0.4, -0.2) is 17.3 Å². The second-order valence-corrected chi connectivity index (χ2v) is 3.15. The highest BCUT2D eigenvalue weighted by Gasteiger charge is 1.92. The van der Waals surface area contributed by atoms with Crippen LogP contribution in [0.25, 0.3) is 6.08 Å². The Morgan fingerprint density at radius 1 is 1.40 bits per heavy atom. The van der Waals surface area contributed by atoms with Crippen LogP contribution >= 0.6 is 0 Å². The molecule has 1 rings (SSSR count). The molecule has 15 heavy (non-hydrogen) atoms. The topological polar surface area (TPSA) is 61.2 Å². The van der Waals surface area contributed by atoms with E-state index in [9.17, 15) is 4.79 Å². The Hall–Kier alpha value is -1.90. The summed E-state index contributed by atoms with van der Waals surface area (Å²) in [5.74, 6) is -0.784. The zero-order chi connectivity index (χ0) is 11.1. The lowest BCUT2D eigenvalue weighted by Crippen LogP contribution is -1.91. The molecule has 0 saturated heterocycles. The molecule has 0 aliphatic rings. The Kier molecular flexibility index (Phi) is 4.29. The fourth-order valence-corrected chi connectivity index (χ4v) is 1.18. The molecular formula is C12H13NO2. The van der Waals surface area contributed by atoms with Crippen LogP contribution in [0.4, 0.5) is 0 Å². The van der Waals surface area contributed by atoms with Crippen LogP contribution in [0.1, 0.15) is 24.0 Å². The first kappa shape index (κ1) is 11.2. The minimum Gasteiger partial charge on any atom is -0.481 e. The number of carboxylic acid groups (broad SMARTS) is 1. The van der Waals surface area contributed by atoms with Gasteiger partial charge in [0, 0.05) is 12.6 Å². The number of hydrogen-bond acceptors (Lipinski definition) is 2. The standard InChI is InChI=1S/C12H13NO2/c13-9-11-6-3-5-10(8-11)4-1-2-7-12(14)15/h1,3-6,8-9,13H,2,7H2,(H,14,15)/b4-1+,13-9?. The van der Waals surface area contributed by atoms with Crippen molar-refractivity contribution < 1.29 is 9.90 Å². The van der Waals surface area contributed by atoms with Crippen LogP contribution in [0, 0.1) is 5.41 Å². The van der Waals surface area contributed by atoms with E-state index in [-0.39, 0.29) is 6.42 Å². The van der Waals surface area contributed by atoms with Gasteiger partial charge in [0.15, 0.2) is 0 Å². The normalized spacial score (nSPS) is 10.4. The quantitative estimate of drug-likeness (QED) is 0.722. The maximum Gasteiger partial charge on any atom is 0.303 e. The van der Waals surface area contributed by atoms with Crippen molar-refractivity contribution in [2.75, 3.05) is 0 Å². The van der Waals surface area contributed by atoms with Crippen molar-refractivity contribution in [1.82, 2.24) is 0 Å². The fraction of sp³-hybridized carbons (Fsp3) is 0.167. The van der Waals surface area contributed by atoms with Crippen molar-refractivity contribution >= 4 is 18.3 Å². The maximum atomic E-state index is 10.2. The molecule has 3 heteroatoms. The van der Waals surface area contributed by atoms with Crippen LogP contribution in [0.5, 0.6) is 0 Å². The van der Waals surface area contributed by atoms with Gasteiger partial charge in [-0.2, -0.15) is 0 Å². The van der Waals surface area contributed by atoms with Gasteiger partial charge in [0.25, 0.3) is 0 Å². The Morgan fingerprint density at radius 3 is 2.80 bits per heavy atom. The SMILES string of the molecule is N=Cc1cccc(/C=C/CCC(=O)O)c1. The molecule has 0 heterocycles. The van der Waals surface area contributed by atoms with Crippen molar-refractivity contribution in [3.05, 3.63) is 41.5 Å². The lowest BCUT2D eigenvalue weighted by molar-refractivity contribution is -0.136. The van der Waals surface area contributed by atoms with Gasteiger partial charge in [0.05, 0.1) is 0 Å². The molecule has 1 aromatic rings. The van der Waals surface area contributed by atoms with E-state index in [0.717, 1.165) is 11.1 Å². The number of aliphatic carboxylic acids is 1. The molecule has 0 amide bonds. The zero-order valence-corrected chi connectivity index (χ0v) is 8.31. The number of benzene rings is 1. The zero-order valence-electron chi connectivity index (χ0n) is 8.31.